The summed E-state index contributed by atoms with van der Waals surface area (Å²) in [6.07, 6.45) is 22.4. The molecule has 4 heteroatoms. The van der Waals surface area contributed by atoms with Gasteiger partial charge in [0.05, 0.1) is 0 Å². The van der Waals surface area contributed by atoms with E-state index >= 15 is 0 Å². The maximum Gasteiger partial charge on any atom is 0.155 e. The van der Waals surface area contributed by atoms with Crippen LogP contribution in [-0.4, -0.2) is 23.1 Å². The number of hydrogen-bond donors (Lipinski definition) is 0. The molecule has 0 aromatic carbocycles. The third kappa shape index (κ3) is 4.86. The van der Waals surface area contributed by atoms with Gasteiger partial charge in [-0.2, -0.15) is 0 Å². The van der Waals surface area contributed by atoms with Gasteiger partial charge in [-0.15, -0.1) is 0 Å². The molecule has 0 saturated heterocycles. The van der Waals surface area contributed by atoms with E-state index in [2.05, 4.69) is 39.8 Å². The number of rotatable bonds is 6. The average molecular weight is 669 g/mol. The maximum absolute atomic E-state index is 13.3. The van der Waals surface area contributed by atoms with Crippen LogP contribution in [0.1, 0.15) is 151 Å². The van der Waals surface area contributed by atoms with Crippen LogP contribution in [0.2, 0.25) is 0 Å². The number of carbonyl (C=O) groups excluding carboxylic acids is 4. The van der Waals surface area contributed by atoms with Gasteiger partial charge in [-0.1, -0.05) is 45.3 Å². The molecule has 0 aliphatic heterocycles. The zero-order valence-electron chi connectivity index (χ0n) is 31.6. The largest absolute Gasteiger partial charge is 0.300 e. The fourth-order valence-corrected chi connectivity index (χ4v) is 16.3. The Morgan fingerprint density at radius 1 is 0.592 bits per heavy atom. The lowest BCUT2D eigenvalue weighted by Gasteiger charge is -2.60. The van der Waals surface area contributed by atoms with Crippen LogP contribution in [0, 0.1) is 80.8 Å². The molecule has 0 bridgehead atoms. The van der Waals surface area contributed by atoms with Crippen molar-refractivity contribution in [2.45, 2.75) is 151 Å². The van der Waals surface area contributed by atoms with Crippen molar-refractivity contribution in [3.05, 3.63) is 23.3 Å². The lowest BCUT2D eigenvalue weighted by atomic mass is 9.43. The molecule has 0 spiro atoms. The highest BCUT2D eigenvalue weighted by Gasteiger charge is 2.63. The van der Waals surface area contributed by atoms with Crippen molar-refractivity contribution in [3.8, 4) is 0 Å². The number of carbonyl (C=O) groups is 4. The molecule has 6 saturated carbocycles. The van der Waals surface area contributed by atoms with E-state index in [1.165, 1.54) is 49.7 Å². The number of ketones is 4. The average Bonchev–Trinajstić information content (AvgIpc) is 3.59. The first kappa shape index (κ1) is 34.3. The Labute approximate surface area is 296 Å². The molecular formula is C45H64O4. The van der Waals surface area contributed by atoms with Crippen LogP contribution in [0.3, 0.4) is 0 Å². The van der Waals surface area contributed by atoms with Crippen LogP contribution in [-0.2, 0) is 19.2 Å². The van der Waals surface area contributed by atoms with Crippen LogP contribution in [0.15, 0.2) is 23.3 Å². The van der Waals surface area contributed by atoms with Crippen molar-refractivity contribution in [1.82, 2.24) is 0 Å². The summed E-state index contributed by atoms with van der Waals surface area (Å²) < 4.78 is 0. The van der Waals surface area contributed by atoms with E-state index in [0.717, 1.165) is 57.8 Å². The van der Waals surface area contributed by atoms with E-state index in [4.69, 9.17) is 0 Å². The van der Waals surface area contributed by atoms with Crippen molar-refractivity contribution in [2.75, 3.05) is 0 Å². The van der Waals surface area contributed by atoms with Crippen LogP contribution >= 0.6 is 0 Å². The summed E-state index contributed by atoms with van der Waals surface area (Å²) in [5.74, 6) is 6.49. The van der Waals surface area contributed by atoms with Crippen molar-refractivity contribution < 1.29 is 19.2 Å². The van der Waals surface area contributed by atoms with Crippen molar-refractivity contribution >= 4 is 23.1 Å². The van der Waals surface area contributed by atoms with Crippen LogP contribution < -0.4 is 0 Å². The molecule has 8 aliphatic carbocycles. The van der Waals surface area contributed by atoms with Gasteiger partial charge in [0.25, 0.3) is 0 Å². The summed E-state index contributed by atoms with van der Waals surface area (Å²) >= 11 is 0. The van der Waals surface area contributed by atoms with Crippen LogP contribution in [0.25, 0.3) is 0 Å². The van der Waals surface area contributed by atoms with Crippen molar-refractivity contribution in [2.24, 2.45) is 80.8 Å². The first-order valence-electron chi connectivity index (χ1n) is 20.7. The Balaban J connectivity index is 1.01. The van der Waals surface area contributed by atoms with Gasteiger partial charge in [0, 0.05) is 24.7 Å². The lowest BCUT2D eigenvalue weighted by molar-refractivity contribution is -0.131. The molecule has 8 aliphatic rings. The summed E-state index contributed by atoms with van der Waals surface area (Å²) in [7, 11) is 0. The smallest absolute Gasteiger partial charge is 0.155 e. The van der Waals surface area contributed by atoms with E-state index < -0.39 is 0 Å². The van der Waals surface area contributed by atoms with Gasteiger partial charge >= 0.3 is 0 Å². The summed E-state index contributed by atoms with van der Waals surface area (Å²) in [6.45, 7) is 13.6. The predicted molar refractivity (Wildman–Crippen MR) is 193 cm³/mol. The molecule has 2 unspecified atom stereocenters. The third-order valence-corrected chi connectivity index (χ3v) is 18.6. The van der Waals surface area contributed by atoms with E-state index in [-0.39, 0.29) is 33.5 Å². The summed E-state index contributed by atoms with van der Waals surface area (Å²) in [6, 6.07) is 0. The molecule has 0 radical (unpaired) electrons. The van der Waals surface area contributed by atoms with E-state index in [1.807, 2.05) is 13.8 Å². The first-order chi connectivity index (χ1) is 23.2. The molecule has 8 rings (SSSR count). The monoisotopic (exact) mass is 668 g/mol. The number of Topliss-reactive ketones (excluding diaryl/α,β-unsaturated/α-hetero) is 2. The molecule has 0 heterocycles. The third-order valence-electron chi connectivity index (χ3n) is 18.6. The highest BCUT2D eigenvalue weighted by molar-refractivity contribution is 5.92. The SMILES string of the molecule is CC(=O)[C@H]1CC[C@H]2[C@@H]3CCC4=CC(=O)CC(CCCC5CC(=O)C=C6CC[C@H]7[C@@H]8CC[C@H](C(C)=O)[C@@]8(C)CC[C@@H]7[C@]65C)[C@]4(C)[C@H]3CC[C@]12C. The second kappa shape index (κ2) is 11.8. The summed E-state index contributed by atoms with van der Waals surface area (Å²) in [5.41, 5.74) is 3.32. The minimum Gasteiger partial charge on any atom is -0.300 e. The lowest BCUT2D eigenvalue weighted by Crippen LogP contribution is -2.54. The molecule has 6 fully saturated rings. The molecule has 14 atom stereocenters. The Morgan fingerprint density at radius 3 is 1.39 bits per heavy atom. The van der Waals surface area contributed by atoms with Gasteiger partial charge in [0.2, 0.25) is 0 Å². The molecular weight excluding hydrogens is 604 g/mol. The second-order valence-corrected chi connectivity index (χ2v) is 20.0. The van der Waals surface area contributed by atoms with E-state index in [0.29, 0.717) is 83.3 Å². The molecule has 268 valence electrons. The quantitative estimate of drug-likeness (QED) is 0.283. The van der Waals surface area contributed by atoms with E-state index in [9.17, 15) is 19.2 Å². The Hall–Kier alpha value is -1.84. The minimum atomic E-state index is 0.0727. The normalized spacial score (nSPS) is 50.2. The molecule has 0 amide bonds. The molecule has 0 N–H and O–H groups in total. The predicted octanol–water partition coefficient (Wildman–Crippen LogP) is 10.1. The van der Waals surface area contributed by atoms with Gasteiger partial charge in [0.1, 0.15) is 11.6 Å². The second-order valence-electron chi connectivity index (χ2n) is 20.0. The van der Waals surface area contributed by atoms with Gasteiger partial charge < -0.3 is 0 Å². The maximum atomic E-state index is 13.3. The first-order valence-corrected chi connectivity index (χ1v) is 20.7. The zero-order chi connectivity index (χ0) is 34.7. The molecule has 0 aromatic heterocycles. The van der Waals surface area contributed by atoms with Gasteiger partial charge in [-0.3, -0.25) is 19.2 Å². The van der Waals surface area contributed by atoms with E-state index in [1.54, 1.807) is 0 Å². The summed E-state index contributed by atoms with van der Waals surface area (Å²) in [4.78, 5) is 52.0. The van der Waals surface area contributed by atoms with Gasteiger partial charge in [-0.25, -0.2) is 0 Å². The Bertz CT molecular complexity index is 1390. The zero-order valence-corrected chi connectivity index (χ0v) is 31.6. The van der Waals surface area contributed by atoms with Gasteiger partial charge in [0.15, 0.2) is 11.6 Å². The molecule has 49 heavy (non-hydrogen) atoms. The number of fused-ring (bicyclic) bond motifs is 10. The van der Waals surface area contributed by atoms with Crippen molar-refractivity contribution in [1.29, 1.82) is 0 Å². The van der Waals surface area contributed by atoms with Crippen molar-refractivity contribution in [3.63, 3.8) is 0 Å². The fourth-order valence-electron chi connectivity index (χ4n) is 16.3. The summed E-state index contributed by atoms with van der Waals surface area (Å²) in [5, 5.41) is 0. The van der Waals surface area contributed by atoms with Gasteiger partial charge in [-0.05, 0) is 185 Å². The standard InChI is InChI=1S/C45H64O4/c1-26(46)36-14-16-38-34-12-10-30-24-32(48)22-28(44(30,5)40(34)18-20-42(36,38)3)8-7-9-29-23-33(49)25-31-11-13-35-39-17-15-37(27(2)47)43(39,4)21-19-41(35)45(29,31)6/h24-25,28-29,34-41H,7-23H2,1-6H3/t28?,29?,34-,35-,36+,37+,38-,39-,40-,41-,42+,43+,44-,45-/m0/s1. The fraction of sp³-hybridized carbons (Fsp3) is 0.822. The molecule has 4 nitrogen and oxygen atoms in total. The number of hydrogen-bond acceptors (Lipinski definition) is 4. The van der Waals surface area contributed by atoms with Crippen LogP contribution in [0.5, 0.6) is 0 Å². The number of allylic oxidation sites excluding steroid dienone is 2. The Morgan fingerprint density at radius 2 is 1.00 bits per heavy atom. The highest BCUT2D eigenvalue weighted by atomic mass is 16.1. The van der Waals surface area contributed by atoms with Crippen LogP contribution in [0.4, 0.5) is 0 Å². The highest BCUT2D eigenvalue weighted by Crippen LogP contribution is 2.70. The Kier molecular flexibility index (Phi) is 8.28. The molecule has 0 aromatic rings. The topological polar surface area (TPSA) is 68.3 Å². The minimum absolute atomic E-state index is 0.0727.